The fraction of sp³-hybridized carbons (Fsp3) is 0.0556. The van der Waals surface area contributed by atoms with Crippen molar-refractivity contribution in [3.8, 4) is 11.3 Å². The van der Waals surface area contributed by atoms with Crippen LogP contribution in [0.3, 0.4) is 0 Å². The molecule has 2 aromatic carbocycles. The molecule has 0 aliphatic carbocycles. The van der Waals surface area contributed by atoms with Crippen molar-refractivity contribution < 1.29 is 0 Å². The predicted molar refractivity (Wildman–Crippen MR) is 100 cm³/mol. The van der Waals surface area contributed by atoms with E-state index in [0.29, 0.717) is 27.9 Å². The highest BCUT2D eigenvalue weighted by atomic mass is 35.5. The maximum Gasteiger partial charge on any atom is 0.288 e. The third-order valence-electron chi connectivity index (χ3n) is 4.50. The molecule has 1 atom stereocenters. The number of aromatic amines is 1. The normalized spacial score (nSPS) is 14.9. The number of fused-ring (bicyclic) bond motifs is 2. The summed E-state index contributed by atoms with van der Waals surface area (Å²) in [5, 5.41) is 22.4. The molecule has 0 amide bonds. The van der Waals surface area contributed by atoms with E-state index in [4.69, 9.17) is 11.6 Å². The van der Waals surface area contributed by atoms with Crippen LogP contribution in [0.5, 0.6) is 0 Å². The first kappa shape index (κ1) is 15.7. The Labute approximate surface area is 157 Å². The molecule has 0 saturated carbocycles. The molecule has 4 aromatic rings. The highest BCUT2D eigenvalue weighted by Crippen LogP contribution is 2.40. The van der Waals surface area contributed by atoms with E-state index < -0.39 is 6.04 Å². The molecule has 5 rings (SSSR count). The van der Waals surface area contributed by atoms with Crippen molar-refractivity contribution in [2.24, 2.45) is 0 Å². The van der Waals surface area contributed by atoms with Gasteiger partial charge in [0.15, 0.2) is 0 Å². The van der Waals surface area contributed by atoms with Gasteiger partial charge in [-0.3, -0.25) is 4.79 Å². The van der Waals surface area contributed by atoms with Gasteiger partial charge in [-0.2, -0.15) is 9.78 Å². The summed E-state index contributed by atoms with van der Waals surface area (Å²) in [6.45, 7) is 0. The Morgan fingerprint density at radius 3 is 2.59 bits per heavy atom. The van der Waals surface area contributed by atoms with Crippen LogP contribution in [0.15, 0.2) is 59.4 Å². The number of H-pyrrole nitrogens is 1. The molecule has 9 heteroatoms. The zero-order valence-corrected chi connectivity index (χ0v) is 14.6. The first-order valence-electron chi connectivity index (χ1n) is 8.21. The molecule has 2 aromatic heterocycles. The number of tetrazole rings is 1. The van der Waals surface area contributed by atoms with Crippen molar-refractivity contribution in [3.63, 3.8) is 0 Å². The van der Waals surface area contributed by atoms with Crippen LogP contribution in [-0.4, -0.2) is 30.4 Å². The number of nitrogens with zero attached hydrogens (tertiary/aromatic N) is 5. The summed E-state index contributed by atoms with van der Waals surface area (Å²) in [6, 6.07) is 16.6. The van der Waals surface area contributed by atoms with Gasteiger partial charge < -0.3 is 5.32 Å². The van der Waals surface area contributed by atoms with E-state index in [2.05, 4.69) is 31.0 Å². The van der Waals surface area contributed by atoms with Crippen LogP contribution in [0.1, 0.15) is 17.2 Å². The van der Waals surface area contributed by atoms with E-state index in [0.717, 1.165) is 11.1 Å². The lowest BCUT2D eigenvalue weighted by atomic mass is 9.92. The van der Waals surface area contributed by atoms with Crippen molar-refractivity contribution in [2.45, 2.75) is 6.04 Å². The minimum absolute atomic E-state index is 0.335. The van der Waals surface area contributed by atoms with Gasteiger partial charge in [-0.25, -0.2) is 5.10 Å². The van der Waals surface area contributed by atoms with Crippen molar-refractivity contribution in [3.05, 3.63) is 81.1 Å². The average Bonchev–Trinajstić information content (AvgIpc) is 3.17. The zero-order valence-electron chi connectivity index (χ0n) is 13.8. The standard InChI is InChI=1S/C18H12ClN7O/c19-12-8-6-10(7-9-12)14-13-15(17(27)22-21-14)20-18-23-24-25-26(18)16(13)11-4-2-1-3-5-11/h1-9,16H,(H,22,27)(H,20,23,25)/t16-/m1/s1. The summed E-state index contributed by atoms with van der Waals surface area (Å²) < 4.78 is 1.65. The Kier molecular flexibility index (Phi) is 3.51. The third-order valence-corrected chi connectivity index (χ3v) is 4.75. The minimum atomic E-state index is -0.395. The Morgan fingerprint density at radius 1 is 1.04 bits per heavy atom. The second kappa shape index (κ2) is 6.03. The first-order valence-corrected chi connectivity index (χ1v) is 8.58. The van der Waals surface area contributed by atoms with Crippen molar-refractivity contribution in [1.29, 1.82) is 0 Å². The Hall–Kier alpha value is -3.52. The van der Waals surface area contributed by atoms with Gasteiger partial charge in [0.1, 0.15) is 11.7 Å². The number of anilines is 2. The van der Waals surface area contributed by atoms with Crippen LogP contribution in [0.25, 0.3) is 11.3 Å². The smallest absolute Gasteiger partial charge is 0.288 e. The van der Waals surface area contributed by atoms with Crippen LogP contribution in [0.2, 0.25) is 5.02 Å². The number of hydrogen-bond donors (Lipinski definition) is 2. The van der Waals surface area contributed by atoms with Crippen molar-refractivity contribution in [2.75, 3.05) is 5.32 Å². The van der Waals surface area contributed by atoms with E-state index in [1.54, 1.807) is 16.8 Å². The van der Waals surface area contributed by atoms with Crippen LogP contribution in [0.4, 0.5) is 11.6 Å². The molecule has 132 valence electrons. The van der Waals surface area contributed by atoms with E-state index in [1.165, 1.54) is 0 Å². The number of benzene rings is 2. The molecule has 0 unspecified atom stereocenters. The molecule has 1 aliphatic rings. The van der Waals surface area contributed by atoms with Gasteiger partial charge in [0.05, 0.1) is 5.69 Å². The lowest BCUT2D eigenvalue weighted by Gasteiger charge is -2.27. The summed E-state index contributed by atoms with van der Waals surface area (Å²) in [7, 11) is 0. The SMILES string of the molecule is O=c1[nH]nc(-c2ccc(Cl)cc2)c2c1Nc1nnnn1[C@@H]2c1ccccc1. The summed E-state index contributed by atoms with van der Waals surface area (Å²) >= 11 is 6.02. The Morgan fingerprint density at radius 2 is 1.81 bits per heavy atom. The topological polar surface area (TPSA) is 101 Å². The number of halogens is 1. The van der Waals surface area contributed by atoms with Crippen LogP contribution in [0, 0.1) is 0 Å². The van der Waals surface area contributed by atoms with Crippen molar-refractivity contribution >= 4 is 23.2 Å². The fourth-order valence-corrected chi connectivity index (χ4v) is 3.43. The second-order valence-corrected chi connectivity index (χ2v) is 6.52. The molecule has 2 N–H and O–H groups in total. The molecular formula is C18H12ClN7O. The van der Waals surface area contributed by atoms with E-state index in [1.807, 2.05) is 42.5 Å². The average molecular weight is 378 g/mol. The summed E-state index contributed by atoms with van der Waals surface area (Å²) in [4.78, 5) is 12.5. The first-order chi connectivity index (χ1) is 13.2. The molecule has 0 saturated heterocycles. The van der Waals surface area contributed by atoms with Crippen LogP contribution in [-0.2, 0) is 0 Å². The minimum Gasteiger partial charge on any atom is -0.318 e. The van der Waals surface area contributed by atoms with Gasteiger partial charge in [0.2, 0.25) is 5.95 Å². The maximum absolute atomic E-state index is 12.5. The summed E-state index contributed by atoms with van der Waals surface area (Å²) in [5.41, 5.74) is 3.14. The van der Waals surface area contributed by atoms with E-state index in [-0.39, 0.29) is 5.56 Å². The Balaban J connectivity index is 1.82. The summed E-state index contributed by atoms with van der Waals surface area (Å²) in [6.07, 6.45) is 0. The number of hydrogen-bond acceptors (Lipinski definition) is 6. The molecule has 27 heavy (non-hydrogen) atoms. The van der Waals surface area contributed by atoms with Crippen molar-refractivity contribution in [1.82, 2.24) is 30.4 Å². The zero-order chi connectivity index (χ0) is 18.4. The van der Waals surface area contributed by atoms with Gasteiger partial charge >= 0.3 is 0 Å². The van der Waals surface area contributed by atoms with Gasteiger partial charge in [-0.15, -0.1) is 0 Å². The molecule has 0 spiro atoms. The Bertz CT molecular complexity index is 1180. The lowest BCUT2D eigenvalue weighted by Crippen LogP contribution is -2.29. The number of aromatic nitrogens is 6. The molecule has 3 heterocycles. The van der Waals surface area contributed by atoms with E-state index >= 15 is 0 Å². The molecule has 8 nitrogen and oxygen atoms in total. The van der Waals surface area contributed by atoms with Gasteiger partial charge in [-0.05, 0) is 28.1 Å². The molecule has 0 radical (unpaired) electrons. The van der Waals surface area contributed by atoms with E-state index in [9.17, 15) is 4.79 Å². The van der Waals surface area contributed by atoms with Gasteiger partial charge in [0, 0.05) is 16.1 Å². The second-order valence-electron chi connectivity index (χ2n) is 6.08. The fourth-order valence-electron chi connectivity index (χ4n) is 3.31. The number of nitrogens with one attached hydrogen (secondary N) is 2. The third kappa shape index (κ3) is 2.49. The molecule has 0 bridgehead atoms. The highest BCUT2D eigenvalue weighted by Gasteiger charge is 2.34. The maximum atomic E-state index is 12.5. The quantitative estimate of drug-likeness (QED) is 0.490. The number of rotatable bonds is 2. The molecule has 1 aliphatic heterocycles. The van der Waals surface area contributed by atoms with Crippen LogP contribution < -0.4 is 10.9 Å². The van der Waals surface area contributed by atoms with Gasteiger partial charge in [0.25, 0.3) is 5.56 Å². The lowest BCUT2D eigenvalue weighted by molar-refractivity contribution is 0.567. The van der Waals surface area contributed by atoms with Gasteiger partial charge in [-0.1, -0.05) is 59.2 Å². The monoisotopic (exact) mass is 377 g/mol. The predicted octanol–water partition coefficient (Wildman–Crippen LogP) is 2.77. The highest BCUT2D eigenvalue weighted by molar-refractivity contribution is 6.30. The summed E-state index contributed by atoms with van der Waals surface area (Å²) in [5.74, 6) is 0.398. The van der Waals surface area contributed by atoms with Crippen LogP contribution >= 0.6 is 11.6 Å². The molecule has 0 fully saturated rings. The molecular weight excluding hydrogens is 366 g/mol. The largest absolute Gasteiger partial charge is 0.318 e.